The summed E-state index contributed by atoms with van der Waals surface area (Å²) in [6, 6.07) is 33.9. The van der Waals surface area contributed by atoms with Gasteiger partial charge in [-0.1, -0.05) is 107 Å². The molecule has 6 nitrogen and oxygen atoms in total. The maximum absolute atomic E-state index is 6.79. The zero-order chi connectivity index (χ0) is 44.3. The number of benzene rings is 5. The molecule has 0 spiro atoms. The predicted octanol–water partition coefficient (Wildman–Crippen LogP) is 16.0. The molecule has 0 aliphatic carbocycles. The molecule has 0 aliphatic rings. The van der Waals surface area contributed by atoms with Gasteiger partial charge in [-0.05, 0) is 105 Å². The number of pyridine rings is 2. The van der Waals surface area contributed by atoms with Crippen molar-refractivity contribution in [3.8, 4) is 11.6 Å². The summed E-state index contributed by atoms with van der Waals surface area (Å²) in [6.45, 7) is 29.4. The smallest absolute Gasteiger partial charge is 0.142 e. The first-order valence-corrected chi connectivity index (χ1v) is 22.4. The van der Waals surface area contributed by atoms with Crippen LogP contribution in [0.4, 0.5) is 0 Å². The van der Waals surface area contributed by atoms with Gasteiger partial charge in [0.05, 0.1) is 22.1 Å². The first-order chi connectivity index (χ1) is 29.6. The van der Waals surface area contributed by atoms with Gasteiger partial charge in [0.15, 0.2) is 0 Å². The third-order valence-electron chi connectivity index (χ3n) is 13.6. The molecule has 63 heavy (non-hydrogen) atoms. The van der Waals surface area contributed by atoms with Crippen molar-refractivity contribution in [1.82, 2.24) is 19.1 Å². The second kappa shape index (κ2) is 12.8. The highest BCUT2D eigenvalue weighted by atomic mass is 16.3. The van der Waals surface area contributed by atoms with E-state index in [4.69, 9.17) is 18.8 Å². The monoisotopic (exact) mass is 828 g/mol. The second-order valence-corrected chi connectivity index (χ2v) is 22.1. The minimum Gasteiger partial charge on any atom is -0.455 e. The molecule has 0 saturated carbocycles. The largest absolute Gasteiger partial charge is 0.455 e. The maximum Gasteiger partial charge on any atom is 0.142 e. The first-order valence-electron chi connectivity index (χ1n) is 22.4. The standard InChI is InChI=1S/C57H56N4O2/c1-31-52-40(42-29-58-50(27-48(42)62-52)60-44-18-14-32(54(2,3)4)22-36(44)37-23-33(55(5,6)7)15-19-45(37)60)26-41-43-30-59-51(28-49(43)63-53(31)41)61-46-20-16-34(56(8,9)10)24-38(46)39-25-35(57(11,12)13)17-21-47(39)61/h14-30H,1-13H3. The molecule has 0 N–H and O–H groups in total. The lowest BCUT2D eigenvalue weighted by molar-refractivity contribution is 0.590. The Balaban J connectivity index is 1.06. The zero-order valence-electron chi connectivity index (χ0n) is 38.9. The van der Waals surface area contributed by atoms with E-state index in [1.54, 1.807) is 0 Å². The Morgan fingerprint density at radius 2 is 0.667 bits per heavy atom. The van der Waals surface area contributed by atoms with Crippen LogP contribution in [-0.4, -0.2) is 19.1 Å². The molecule has 11 rings (SSSR count). The molecule has 6 heterocycles. The number of fused-ring (bicyclic) bond motifs is 12. The summed E-state index contributed by atoms with van der Waals surface area (Å²) >= 11 is 0. The number of furan rings is 2. The Bertz CT molecular complexity index is 3340. The minimum atomic E-state index is 0.0241. The summed E-state index contributed by atoms with van der Waals surface area (Å²) in [7, 11) is 0. The van der Waals surface area contributed by atoms with Crippen molar-refractivity contribution in [3.63, 3.8) is 0 Å². The summed E-state index contributed by atoms with van der Waals surface area (Å²) in [5, 5.41) is 8.90. The third kappa shape index (κ3) is 5.97. The SMILES string of the molecule is Cc1c2oc3cc(-n4c5ccc(C(C)(C)C)cc5c5cc(C(C)(C)C)ccc54)ncc3c2cc2c1oc1cc(-n3c4ccc(C(C)(C)C)cc4c4cc(C(C)(C)C)ccc43)ncc12. The van der Waals surface area contributed by atoms with Gasteiger partial charge in [-0.25, -0.2) is 9.97 Å². The molecule has 0 amide bonds. The molecule has 0 aliphatic heterocycles. The molecule has 6 aromatic heterocycles. The molecule has 6 heteroatoms. The number of hydrogen-bond donors (Lipinski definition) is 0. The Morgan fingerprint density at radius 3 is 0.952 bits per heavy atom. The van der Waals surface area contributed by atoms with Crippen LogP contribution >= 0.6 is 0 Å². The number of nitrogens with zero attached hydrogens (tertiary/aromatic N) is 4. The minimum absolute atomic E-state index is 0.0241. The van der Waals surface area contributed by atoms with Crippen molar-refractivity contribution in [2.75, 3.05) is 0 Å². The van der Waals surface area contributed by atoms with E-state index in [9.17, 15) is 0 Å². The summed E-state index contributed by atoms with van der Waals surface area (Å²) in [4.78, 5) is 10.3. The Morgan fingerprint density at radius 1 is 0.365 bits per heavy atom. The highest BCUT2D eigenvalue weighted by Crippen LogP contribution is 2.43. The van der Waals surface area contributed by atoms with Crippen LogP contribution in [0.1, 0.15) is 111 Å². The quantitative estimate of drug-likeness (QED) is 0.174. The van der Waals surface area contributed by atoms with Crippen molar-refractivity contribution in [2.24, 2.45) is 0 Å². The van der Waals surface area contributed by atoms with Crippen molar-refractivity contribution in [3.05, 3.63) is 131 Å². The van der Waals surface area contributed by atoms with Gasteiger partial charge in [-0.15, -0.1) is 0 Å². The fraction of sp³-hybridized carbons (Fsp3) is 0.298. The Kier molecular flexibility index (Phi) is 8.04. The molecule has 0 fully saturated rings. The van der Waals surface area contributed by atoms with Crippen LogP contribution in [0.3, 0.4) is 0 Å². The number of aryl methyl sites for hydroxylation is 1. The average molecular weight is 829 g/mol. The predicted molar refractivity (Wildman–Crippen MR) is 265 cm³/mol. The molecule has 0 atom stereocenters. The molecule has 0 radical (unpaired) electrons. The van der Waals surface area contributed by atoms with Crippen LogP contribution in [0.25, 0.3) is 99.1 Å². The maximum atomic E-state index is 6.79. The van der Waals surface area contributed by atoms with E-state index in [0.29, 0.717) is 0 Å². The molecule has 0 unspecified atom stereocenters. The van der Waals surface area contributed by atoms with Crippen molar-refractivity contribution in [1.29, 1.82) is 0 Å². The average Bonchev–Trinajstić information content (AvgIpc) is 3.96. The van der Waals surface area contributed by atoms with Gasteiger partial charge in [-0.2, -0.15) is 0 Å². The van der Waals surface area contributed by atoms with Gasteiger partial charge in [0.1, 0.15) is 34.0 Å². The highest BCUT2D eigenvalue weighted by molar-refractivity contribution is 6.17. The van der Waals surface area contributed by atoms with Crippen molar-refractivity contribution < 1.29 is 8.83 Å². The number of hydrogen-bond acceptors (Lipinski definition) is 4. The van der Waals surface area contributed by atoms with E-state index in [1.807, 2.05) is 12.4 Å². The van der Waals surface area contributed by atoms with Crippen molar-refractivity contribution in [2.45, 2.75) is 112 Å². The molecule has 316 valence electrons. The number of aromatic nitrogens is 4. The number of rotatable bonds is 2. The van der Waals surface area contributed by atoms with Crippen LogP contribution in [0.2, 0.25) is 0 Å². The van der Waals surface area contributed by atoms with Gasteiger partial charge < -0.3 is 8.83 Å². The molecule has 5 aromatic carbocycles. The van der Waals surface area contributed by atoms with Crippen LogP contribution in [0, 0.1) is 6.92 Å². The molecule has 11 aromatic rings. The summed E-state index contributed by atoms with van der Waals surface area (Å²) in [6.07, 6.45) is 3.95. The van der Waals surface area contributed by atoms with E-state index in [1.165, 1.54) is 43.8 Å². The first kappa shape index (κ1) is 39.4. The van der Waals surface area contributed by atoms with Gasteiger partial charge in [-0.3, -0.25) is 9.13 Å². The van der Waals surface area contributed by atoms with E-state index >= 15 is 0 Å². The fourth-order valence-corrected chi connectivity index (χ4v) is 9.74. The lowest BCUT2D eigenvalue weighted by Gasteiger charge is -2.19. The molecular weight excluding hydrogens is 773 g/mol. The van der Waals surface area contributed by atoms with Gasteiger partial charge in [0.25, 0.3) is 0 Å². The van der Waals surface area contributed by atoms with E-state index in [2.05, 4.69) is 190 Å². The van der Waals surface area contributed by atoms with Gasteiger partial charge in [0, 0.05) is 73.2 Å². The van der Waals surface area contributed by atoms with Crippen molar-refractivity contribution >= 4 is 87.5 Å². The second-order valence-electron chi connectivity index (χ2n) is 22.1. The summed E-state index contributed by atoms with van der Waals surface area (Å²) < 4.78 is 18.2. The molecular formula is C57H56N4O2. The topological polar surface area (TPSA) is 61.9 Å². The fourth-order valence-electron chi connectivity index (χ4n) is 9.74. The Hall–Kier alpha value is -6.40. The van der Waals surface area contributed by atoms with Gasteiger partial charge >= 0.3 is 0 Å². The van der Waals surface area contributed by atoms with E-state index in [-0.39, 0.29) is 21.7 Å². The van der Waals surface area contributed by atoms with Gasteiger partial charge in [0.2, 0.25) is 0 Å². The van der Waals surface area contributed by atoms with E-state index in [0.717, 1.165) is 83.1 Å². The molecule has 0 bridgehead atoms. The summed E-state index contributed by atoms with van der Waals surface area (Å²) in [5.41, 5.74) is 14.0. The van der Waals surface area contributed by atoms with E-state index < -0.39 is 0 Å². The third-order valence-corrected chi connectivity index (χ3v) is 13.6. The lowest BCUT2D eigenvalue weighted by Crippen LogP contribution is -2.10. The van der Waals surface area contributed by atoms with Crippen LogP contribution in [0.15, 0.2) is 112 Å². The normalized spacial score (nSPS) is 13.5. The van der Waals surface area contributed by atoms with Crippen LogP contribution in [-0.2, 0) is 21.7 Å². The zero-order valence-corrected chi connectivity index (χ0v) is 38.9. The molecule has 0 saturated heterocycles. The van der Waals surface area contributed by atoms with Crippen LogP contribution in [0.5, 0.6) is 0 Å². The summed E-state index contributed by atoms with van der Waals surface area (Å²) in [5.74, 6) is 1.65. The lowest BCUT2D eigenvalue weighted by atomic mass is 9.85. The highest BCUT2D eigenvalue weighted by Gasteiger charge is 2.25. The van der Waals surface area contributed by atoms with Crippen LogP contribution < -0.4 is 0 Å². The Labute approximate surface area is 368 Å².